The zero-order valence-corrected chi connectivity index (χ0v) is 13.8. The molecule has 0 saturated carbocycles. The fourth-order valence-corrected chi connectivity index (χ4v) is 2.28. The van der Waals surface area contributed by atoms with Crippen LogP contribution in [0.1, 0.15) is 28.2 Å². The maximum absolute atomic E-state index is 11.9. The standard InChI is InChI=1S/C15H19BrN4O/c1-10-14(16)11(2)20(19-10)13-6-4-12(5-7-13)15(21)18-9-3-8-17/h4-7H,3,8-9,17H2,1-2H3,(H,18,21). The summed E-state index contributed by atoms with van der Waals surface area (Å²) >= 11 is 3.51. The number of amides is 1. The summed E-state index contributed by atoms with van der Waals surface area (Å²) in [6, 6.07) is 7.39. The van der Waals surface area contributed by atoms with Gasteiger partial charge in [0.25, 0.3) is 5.91 Å². The number of aryl methyl sites for hydroxylation is 1. The molecule has 1 amide bonds. The molecule has 112 valence electrons. The predicted octanol–water partition coefficient (Wildman–Crippen LogP) is 2.33. The van der Waals surface area contributed by atoms with Crippen LogP contribution >= 0.6 is 15.9 Å². The molecule has 0 fully saturated rings. The van der Waals surface area contributed by atoms with Crippen molar-refractivity contribution in [1.82, 2.24) is 15.1 Å². The number of nitrogens with one attached hydrogen (secondary N) is 1. The minimum atomic E-state index is -0.0791. The Morgan fingerprint density at radius 2 is 2.00 bits per heavy atom. The van der Waals surface area contributed by atoms with Crippen molar-refractivity contribution >= 4 is 21.8 Å². The Hall–Kier alpha value is -1.66. The van der Waals surface area contributed by atoms with Crippen molar-refractivity contribution in [2.45, 2.75) is 20.3 Å². The van der Waals surface area contributed by atoms with Crippen molar-refractivity contribution in [3.8, 4) is 5.69 Å². The first-order valence-corrected chi connectivity index (χ1v) is 7.64. The molecule has 0 aliphatic heterocycles. The second-order valence-electron chi connectivity index (χ2n) is 4.84. The third-order valence-corrected chi connectivity index (χ3v) is 4.39. The van der Waals surface area contributed by atoms with Crippen LogP contribution in [0, 0.1) is 13.8 Å². The second kappa shape index (κ2) is 6.87. The van der Waals surface area contributed by atoms with E-state index in [1.165, 1.54) is 0 Å². The van der Waals surface area contributed by atoms with Gasteiger partial charge in [-0.3, -0.25) is 4.79 Å². The lowest BCUT2D eigenvalue weighted by atomic mass is 10.2. The van der Waals surface area contributed by atoms with Gasteiger partial charge in [-0.05, 0) is 67.0 Å². The number of rotatable bonds is 5. The van der Waals surface area contributed by atoms with Crippen LogP contribution in [0.25, 0.3) is 5.69 Å². The van der Waals surface area contributed by atoms with Gasteiger partial charge in [-0.2, -0.15) is 5.10 Å². The van der Waals surface area contributed by atoms with E-state index in [1.54, 1.807) is 12.1 Å². The van der Waals surface area contributed by atoms with E-state index in [2.05, 4.69) is 26.3 Å². The predicted molar refractivity (Wildman–Crippen MR) is 86.7 cm³/mol. The van der Waals surface area contributed by atoms with Gasteiger partial charge >= 0.3 is 0 Å². The van der Waals surface area contributed by atoms with E-state index in [1.807, 2.05) is 30.7 Å². The number of halogens is 1. The lowest BCUT2D eigenvalue weighted by Gasteiger charge is -2.07. The molecule has 21 heavy (non-hydrogen) atoms. The molecule has 1 aromatic carbocycles. The fourth-order valence-electron chi connectivity index (χ4n) is 2.04. The minimum absolute atomic E-state index is 0.0791. The van der Waals surface area contributed by atoms with Gasteiger partial charge in [-0.1, -0.05) is 0 Å². The Kier molecular flexibility index (Phi) is 5.14. The van der Waals surface area contributed by atoms with E-state index in [0.717, 1.165) is 28.0 Å². The molecule has 0 radical (unpaired) electrons. The number of benzene rings is 1. The third-order valence-electron chi connectivity index (χ3n) is 3.24. The first-order valence-electron chi connectivity index (χ1n) is 6.85. The highest BCUT2D eigenvalue weighted by Crippen LogP contribution is 2.23. The van der Waals surface area contributed by atoms with Crippen molar-refractivity contribution < 1.29 is 4.79 Å². The summed E-state index contributed by atoms with van der Waals surface area (Å²) in [5.74, 6) is -0.0791. The minimum Gasteiger partial charge on any atom is -0.352 e. The molecule has 0 unspecified atom stereocenters. The summed E-state index contributed by atoms with van der Waals surface area (Å²) in [7, 11) is 0. The monoisotopic (exact) mass is 350 g/mol. The van der Waals surface area contributed by atoms with E-state index < -0.39 is 0 Å². The Bertz CT molecular complexity index is 634. The van der Waals surface area contributed by atoms with E-state index >= 15 is 0 Å². The number of carbonyl (C=O) groups is 1. The SMILES string of the molecule is Cc1nn(-c2ccc(C(=O)NCCCN)cc2)c(C)c1Br. The van der Waals surface area contributed by atoms with Crippen molar-refractivity contribution in [2.75, 3.05) is 13.1 Å². The second-order valence-corrected chi connectivity index (χ2v) is 5.63. The van der Waals surface area contributed by atoms with Crippen molar-refractivity contribution in [2.24, 2.45) is 5.73 Å². The molecule has 0 aliphatic carbocycles. The fraction of sp³-hybridized carbons (Fsp3) is 0.333. The van der Waals surface area contributed by atoms with Gasteiger partial charge in [0.1, 0.15) is 0 Å². The van der Waals surface area contributed by atoms with E-state index in [-0.39, 0.29) is 5.91 Å². The highest BCUT2D eigenvalue weighted by Gasteiger charge is 2.11. The number of aromatic nitrogens is 2. The first-order chi connectivity index (χ1) is 10.0. The van der Waals surface area contributed by atoms with Crippen LogP contribution in [0.3, 0.4) is 0 Å². The lowest BCUT2D eigenvalue weighted by Crippen LogP contribution is -2.25. The molecule has 6 heteroatoms. The molecular formula is C15H19BrN4O. The molecule has 2 rings (SSSR count). The first kappa shape index (κ1) is 15.7. The molecule has 3 N–H and O–H groups in total. The molecular weight excluding hydrogens is 332 g/mol. The summed E-state index contributed by atoms with van der Waals surface area (Å²) < 4.78 is 2.86. The molecule has 1 heterocycles. The molecule has 0 spiro atoms. The van der Waals surface area contributed by atoms with Gasteiger partial charge in [-0.25, -0.2) is 4.68 Å². The number of nitrogens with two attached hydrogens (primary N) is 1. The molecule has 2 aromatic rings. The van der Waals surface area contributed by atoms with Crippen LogP contribution in [0.5, 0.6) is 0 Å². The highest BCUT2D eigenvalue weighted by molar-refractivity contribution is 9.10. The van der Waals surface area contributed by atoms with Gasteiger partial charge in [-0.15, -0.1) is 0 Å². The average Bonchev–Trinajstić information content (AvgIpc) is 2.75. The third kappa shape index (κ3) is 3.51. The quantitative estimate of drug-likeness (QED) is 0.812. The Labute approximate surface area is 132 Å². The Balaban J connectivity index is 2.15. The van der Waals surface area contributed by atoms with Crippen molar-refractivity contribution in [3.05, 3.63) is 45.7 Å². The number of hydrogen-bond donors (Lipinski definition) is 2. The maximum Gasteiger partial charge on any atom is 0.251 e. The van der Waals surface area contributed by atoms with E-state index in [0.29, 0.717) is 18.7 Å². The Morgan fingerprint density at radius 1 is 1.33 bits per heavy atom. The highest BCUT2D eigenvalue weighted by atomic mass is 79.9. The van der Waals surface area contributed by atoms with Crippen LogP contribution in [-0.4, -0.2) is 28.8 Å². The zero-order valence-electron chi connectivity index (χ0n) is 12.2. The molecule has 1 aromatic heterocycles. The van der Waals surface area contributed by atoms with Crippen LogP contribution in [0.4, 0.5) is 0 Å². The summed E-state index contributed by atoms with van der Waals surface area (Å²) in [5.41, 5.74) is 8.94. The van der Waals surface area contributed by atoms with E-state index in [9.17, 15) is 4.79 Å². The normalized spacial score (nSPS) is 10.7. The van der Waals surface area contributed by atoms with Gasteiger partial charge in [0, 0.05) is 12.1 Å². The molecule has 0 saturated heterocycles. The molecule has 5 nitrogen and oxygen atoms in total. The zero-order chi connectivity index (χ0) is 15.4. The van der Waals surface area contributed by atoms with Crippen molar-refractivity contribution in [3.63, 3.8) is 0 Å². The van der Waals surface area contributed by atoms with Crippen LogP contribution in [0.2, 0.25) is 0 Å². The topological polar surface area (TPSA) is 72.9 Å². The number of nitrogens with zero attached hydrogens (tertiary/aromatic N) is 2. The van der Waals surface area contributed by atoms with Gasteiger partial charge in [0.05, 0.1) is 21.5 Å². The van der Waals surface area contributed by atoms with E-state index in [4.69, 9.17) is 5.73 Å². The summed E-state index contributed by atoms with van der Waals surface area (Å²) in [6.45, 7) is 5.12. The smallest absolute Gasteiger partial charge is 0.251 e. The largest absolute Gasteiger partial charge is 0.352 e. The molecule has 0 bridgehead atoms. The van der Waals surface area contributed by atoms with Gasteiger partial charge < -0.3 is 11.1 Å². The Morgan fingerprint density at radius 3 is 2.52 bits per heavy atom. The molecule has 0 atom stereocenters. The van der Waals surface area contributed by atoms with Crippen molar-refractivity contribution in [1.29, 1.82) is 0 Å². The number of hydrogen-bond acceptors (Lipinski definition) is 3. The average molecular weight is 351 g/mol. The van der Waals surface area contributed by atoms with Crippen LogP contribution in [-0.2, 0) is 0 Å². The van der Waals surface area contributed by atoms with Gasteiger partial charge in [0.15, 0.2) is 0 Å². The summed E-state index contributed by atoms with van der Waals surface area (Å²) in [4.78, 5) is 11.9. The summed E-state index contributed by atoms with van der Waals surface area (Å²) in [5, 5.41) is 7.31. The molecule has 0 aliphatic rings. The summed E-state index contributed by atoms with van der Waals surface area (Å²) in [6.07, 6.45) is 0.781. The van der Waals surface area contributed by atoms with Gasteiger partial charge in [0.2, 0.25) is 0 Å². The lowest BCUT2D eigenvalue weighted by molar-refractivity contribution is 0.0953. The maximum atomic E-state index is 11.9. The number of carbonyl (C=O) groups excluding carboxylic acids is 1. The van der Waals surface area contributed by atoms with Crippen LogP contribution < -0.4 is 11.1 Å². The van der Waals surface area contributed by atoms with Crippen LogP contribution in [0.15, 0.2) is 28.7 Å².